The molecular weight excluding hydrogens is 760 g/mol. The van der Waals surface area contributed by atoms with E-state index in [4.69, 9.17) is 42.3 Å². The monoisotopic (exact) mass is 802 g/mol. The van der Waals surface area contributed by atoms with E-state index in [0.29, 0.717) is 0 Å². The van der Waals surface area contributed by atoms with Crippen LogP contribution in [0.1, 0.15) is 0 Å². The first-order valence-electron chi connectivity index (χ1n) is 16.9. The molecule has 56 heavy (non-hydrogen) atoms. The second kappa shape index (κ2) is 16.4. The van der Waals surface area contributed by atoms with Gasteiger partial charge in [0.05, 0.1) is 40.6 Å². The van der Waals surface area contributed by atoms with Crippen molar-refractivity contribution in [2.45, 2.75) is 79.4 Å². The van der Waals surface area contributed by atoms with Crippen molar-refractivity contribution in [3.8, 4) is 45.8 Å². The summed E-state index contributed by atoms with van der Waals surface area (Å²) >= 11 is 0. The van der Waals surface area contributed by atoms with Gasteiger partial charge in [-0.25, -0.2) is 0 Å². The number of fused-ring (bicyclic) bond motifs is 1. The summed E-state index contributed by atoms with van der Waals surface area (Å²) in [5.41, 5.74) is -3.73. The molecule has 13 atom stereocenters. The predicted octanol–water partition coefficient (Wildman–Crippen LogP) is -3.94. The zero-order chi connectivity index (χ0) is 40.8. The highest BCUT2D eigenvalue weighted by atomic mass is 16.8. The summed E-state index contributed by atoms with van der Waals surface area (Å²) in [6.45, 7) is -3.17. The second-order valence-corrected chi connectivity index (χ2v) is 13.3. The van der Waals surface area contributed by atoms with Crippen LogP contribution in [0.2, 0.25) is 0 Å². The number of aromatic hydroxyl groups is 3. The number of hydrogen-bond acceptors (Lipinski definition) is 22. The summed E-state index contributed by atoms with van der Waals surface area (Å²) in [5.74, 6) is -3.64. The Morgan fingerprint density at radius 2 is 1.50 bits per heavy atom. The third-order valence-corrected chi connectivity index (χ3v) is 9.72. The van der Waals surface area contributed by atoms with Crippen molar-refractivity contribution < 1.29 is 104 Å². The standard InChI is InChI=1S/C34H42O22/c1-48-14-5-11(3-4-12(14)37)26-28(22(42)18-15(52-26)6-13(38)27(49-2)21(18)41)55-32-29(56-33-30(46)34(47,9-36)10-51-33)24(44)20(40)17(54-32)8-50-31-25(45)23(43)19(39)16(7-35)53-31/h3-6,16-17,19-20,23-25,29-33,35-41,43-47H,7-10H2,1-2H3/t16-,17-,19+,20+,23+,24+,25-,29+,30-,31-,32+,33+,34+/m1/s1. The first kappa shape index (κ1) is 41.5. The molecule has 0 radical (unpaired) electrons. The topological polar surface area (TPSA) is 347 Å². The van der Waals surface area contributed by atoms with Crippen molar-refractivity contribution in [1.82, 2.24) is 0 Å². The average molecular weight is 803 g/mol. The molecule has 6 rings (SSSR count). The van der Waals surface area contributed by atoms with Crippen LogP contribution < -0.4 is 19.6 Å². The highest BCUT2D eigenvalue weighted by molar-refractivity contribution is 5.91. The van der Waals surface area contributed by atoms with Gasteiger partial charge in [0, 0.05) is 11.6 Å². The van der Waals surface area contributed by atoms with Gasteiger partial charge >= 0.3 is 0 Å². The fraction of sp³-hybridized carbons (Fsp3) is 0.559. The van der Waals surface area contributed by atoms with Gasteiger partial charge in [0.25, 0.3) is 0 Å². The lowest BCUT2D eigenvalue weighted by Gasteiger charge is -2.44. The SMILES string of the molecule is COc1cc(-c2oc3cc(O)c(OC)c(O)c3c(=O)c2O[C@@H]2O[C@H](CO[C@@H]3O[C@H](CO)[C@H](O)[C@H](O)[C@H]3O)[C@H](O)[C@H](O)[C@@H]2O[C@@H]2OC[C@@](O)(CO)[C@@H]2O)ccc1O. The van der Waals surface area contributed by atoms with Crippen molar-refractivity contribution in [3.05, 3.63) is 34.5 Å². The number of rotatable bonds is 12. The van der Waals surface area contributed by atoms with Crippen LogP contribution in [0.15, 0.2) is 33.5 Å². The fourth-order valence-electron chi connectivity index (χ4n) is 6.46. The lowest BCUT2D eigenvalue weighted by atomic mass is 9.97. The number of methoxy groups -OCH3 is 2. The molecule has 12 N–H and O–H groups in total. The van der Waals surface area contributed by atoms with Gasteiger partial charge in [-0.05, 0) is 18.2 Å². The van der Waals surface area contributed by atoms with E-state index in [9.17, 15) is 66.1 Å². The van der Waals surface area contributed by atoms with Crippen LogP contribution in [0.5, 0.6) is 34.5 Å². The summed E-state index contributed by atoms with van der Waals surface area (Å²) in [6, 6.07) is 4.67. The van der Waals surface area contributed by atoms with Crippen LogP contribution in [-0.4, -0.2) is 181 Å². The van der Waals surface area contributed by atoms with Crippen LogP contribution >= 0.6 is 0 Å². The maximum Gasteiger partial charge on any atom is 0.239 e. The quantitative estimate of drug-likeness (QED) is 0.0831. The molecule has 0 saturated carbocycles. The largest absolute Gasteiger partial charge is 0.504 e. The smallest absolute Gasteiger partial charge is 0.239 e. The number of benzene rings is 2. The van der Waals surface area contributed by atoms with Gasteiger partial charge in [-0.15, -0.1) is 0 Å². The van der Waals surface area contributed by atoms with Gasteiger partial charge in [0.1, 0.15) is 65.4 Å². The molecule has 2 aromatic carbocycles. The summed E-state index contributed by atoms with van der Waals surface area (Å²) < 4.78 is 50.2. The number of ether oxygens (including phenoxy) is 8. The molecule has 0 unspecified atom stereocenters. The molecule has 3 aromatic rings. The van der Waals surface area contributed by atoms with E-state index in [1.165, 1.54) is 25.3 Å². The van der Waals surface area contributed by atoms with Crippen LogP contribution in [0.3, 0.4) is 0 Å². The summed E-state index contributed by atoms with van der Waals surface area (Å²) in [6.07, 6.45) is -22.0. The second-order valence-electron chi connectivity index (χ2n) is 13.3. The molecule has 310 valence electrons. The molecule has 22 heteroatoms. The third kappa shape index (κ3) is 7.41. The van der Waals surface area contributed by atoms with E-state index in [0.717, 1.165) is 13.2 Å². The Bertz CT molecular complexity index is 1920. The first-order valence-corrected chi connectivity index (χ1v) is 16.9. The summed E-state index contributed by atoms with van der Waals surface area (Å²) in [7, 11) is 2.34. The highest BCUT2D eigenvalue weighted by Gasteiger charge is 2.54. The number of phenols is 3. The molecule has 0 spiro atoms. The van der Waals surface area contributed by atoms with Crippen LogP contribution in [-0.2, 0) is 23.7 Å². The number of aliphatic hydroxyl groups is 9. The summed E-state index contributed by atoms with van der Waals surface area (Å²) in [5, 5.41) is 125. The molecule has 4 heterocycles. The van der Waals surface area contributed by atoms with Crippen molar-refractivity contribution in [3.63, 3.8) is 0 Å². The minimum absolute atomic E-state index is 0.00219. The molecular formula is C34H42O22. The molecule has 22 nitrogen and oxygen atoms in total. The van der Waals surface area contributed by atoms with Crippen LogP contribution in [0.25, 0.3) is 22.3 Å². The number of hydrogen-bond donors (Lipinski definition) is 12. The van der Waals surface area contributed by atoms with E-state index in [-0.39, 0.29) is 22.6 Å². The van der Waals surface area contributed by atoms with Crippen LogP contribution in [0, 0.1) is 0 Å². The van der Waals surface area contributed by atoms with Crippen molar-refractivity contribution >= 4 is 11.0 Å². The third-order valence-electron chi connectivity index (χ3n) is 9.72. The van der Waals surface area contributed by atoms with E-state index in [2.05, 4.69) is 0 Å². The molecule has 3 aliphatic rings. The maximum absolute atomic E-state index is 14.3. The van der Waals surface area contributed by atoms with Crippen LogP contribution in [0.4, 0.5) is 0 Å². The first-order chi connectivity index (χ1) is 26.6. The lowest BCUT2D eigenvalue weighted by Crippen LogP contribution is -2.63. The molecule has 0 bridgehead atoms. The normalized spacial score (nSPS) is 34.8. The fourth-order valence-corrected chi connectivity index (χ4v) is 6.46. The lowest BCUT2D eigenvalue weighted by molar-refractivity contribution is -0.337. The van der Waals surface area contributed by atoms with E-state index in [1.54, 1.807) is 0 Å². The molecule has 3 fully saturated rings. The zero-order valence-corrected chi connectivity index (χ0v) is 29.5. The summed E-state index contributed by atoms with van der Waals surface area (Å²) in [4.78, 5) is 14.3. The van der Waals surface area contributed by atoms with Gasteiger partial charge in [-0.2, -0.15) is 0 Å². The Kier molecular flexibility index (Phi) is 12.2. The van der Waals surface area contributed by atoms with Gasteiger partial charge in [0.2, 0.25) is 23.2 Å². The molecule has 0 aliphatic carbocycles. The highest BCUT2D eigenvalue weighted by Crippen LogP contribution is 2.45. The van der Waals surface area contributed by atoms with Crippen molar-refractivity contribution in [1.29, 1.82) is 0 Å². The van der Waals surface area contributed by atoms with Gasteiger partial charge < -0.3 is 104 Å². The molecule has 3 saturated heterocycles. The Labute approximate surface area is 314 Å². The van der Waals surface area contributed by atoms with Gasteiger partial charge in [-0.1, -0.05) is 0 Å². The Morgan fingerprint density at radius 1 is 0.804 bits per heavy atom. The Morgan fingerprint density at radius 3 is 2.14 bits per heavy atom. The molecule has 1 aromatic heterocycles. The van der Waals surface area contributed by atoms with Gasteiger partial charge in [-0.3, -0.25) is 4.79 Å². The molecule has 0 amide bonds. The van der Waals surface area contributed by atoms with Gasteiger partial charge in [0.15, 0.2) is 47.4 Å². The maximum atomic E-state index is 14.3. The number of aliphatic hydroxyl groups excluding tert-OH is 8. The Hall–Kier alpha value is -4.11. The zero-order valence-electron chi connectivity index (χ0n) is 29.5. The van der Waals surface area contributed by atoms with E-state index >= 15 is 0 Å². The average Bonchev–Trinajstić information content (AvgIpc) is 3.46. The molecule has 3 aliphatic heterocycles. The van der Waals surface area contributed by atoms with Crippen molar-refractivity contribution in [2.75, 3.05) is 40.6 Å². The number of phenolic OH excluding ortho intramolecular Hbond substituents is 3. The van der Waals surface area contributed by atoms with E-state index in [1.807, 2.05) is 0 Å². The predicted molar refractivity (Wildman–Crippen MR) is 180 cm³/mol. The minimum Gasteiger partial charge on any atom is -0.504 e. The Balaban J connectivity index is 1.43. The minimum atomic E-state index is -2.21. The van der Waals surface area contributed by atoms with Crippen molar-refractivity contribution in [2.24, 2.45) is 0 Å². The van der Waals surface area contributed by atoms with E-state index < -0.39 is 145 Å².